The maximum absolute atomic E-state index is 12.4. The minimum Gasteiger partial charge on any atom is -0.467 e. The standard InChI is InChI=1S/C18H25N5O4/c1-11(2)8-14(18(26)27-5)19-16(24)10-22-17(25)7-6-15(21-22)23-13(4)9-12(3)20-23/h6-7,9,11,14H,8,10H2,1-5H3,(H,19,24)/t14-/m0/s1. The maximum atomic E-state index is 12.4. The molecule has 2 aromatic heterocycles. The van der Waals surface area contributed by atoms with E-state index in [1.807, 2.05) is 33.8 Å². The lowest BCUT2D eigenvalue weighted by atomic mass is 10.0. The third kappa shape index (κ3) is 5.25. The number of esters is 1. The van der Waals surface area contributed by atoms with E-state index < -0.39 is 23.5 Å². The summed E-state index contributed by atoms with van der Waals surface area (Å²) in [5.74, 6) is -0.399. The van der Waals surface area contributed by atoms with E-state index in [1.54, 1.807) is 10.7 Å². The summed E-state index contributed by atoms with van der Waals surface area (Å²) in [5, 5.41) is 11.2. The molecule has 1 N–H and O–H groups in total. The van der Waals surface area contributed by atoms with Crippen molar-refractivity contribution in [1.29, 1.82) is 0 Å². The molecule has 0 aromatic carbocycles. The Balaban J connectivity index is 2.19. The van der Waals surface area contributed by atoms with Gasteiger partial charge in [-0.3, -0.25) is 9.59 Å². The van der Waals surface area contributed by atoms with Crippen molar-refractivity contribution >= 4 is 11.9 Å². The van der Waals surface area contributed by atoms with Gasteiger partial charge >= 0.3 is 5.97 Å². The summed E-state index contributed by atoms with van der Waals surface area (Å²) in [6, 6.07) is 4.00. The Morgan fingerprint density at radius 1 is 1.22 bits per heavy atom. The molecule has 0 bridgehead atoms. The first-order chi connectivity index (χ1) is 12.7. The first-order valence-corrected chi connectivity index (χ1v) is 8.70. The number of rotatable bonds is 7. The van der Waals surface area contributed by atoms with Crippen LogP contribution in [-0.2, 0) is 20.9 Å². The van der Waals surface area contributed by atoms with Gasteiger partial charge in [0.05, 0.1) is 12.8 Å². The number of carbonyl (C=O) groups is 2. The smallest absolute Gasteiger partial charge is 0.328 e. The third-order valence-corrected chi connectivity index (χ3v) is 3.90. The summed E-state index contributed by atoms with van der Waals surface area (Å²) in [7, 11) is 1.27. The van der Waals surface area contributed by atoms with Crippen molar-refractivity contribution in [2.24, 2.45) is 5.92 Å². The van der Waals surface area contributed by atoms with Gasteiger partial charge < -0.3 is 10.1 Å². The predicted molar refractivity (Wildman–Crippen MR) is 98.5 cm³/mol. The van der Waals surface area contributed by atoms with Crippen molar-refractivity contribution in [3.8, 4) is 5.82 Å². The molecule has 0 aliphatic carbocycles. The Labute approximate surface area is 157 Å². The molecule has 0 saturated heterocycles. The van der Waals surface area contributed by atoms with E-state index in [9.17, 15) is 14.4 Å². The lowest BCUT2D eigenvalue weighted by Crippen LogP contribution is -2.45. The zero-order chi connectivity index (χ0) is 20.1. The van der Waals surface area contributed by atoms with Gasteiger partial charge in [0.15, 0.2) is 5.82 Å². The van der Waals surface area contributed by atoms with Crippen LogP contribution < -0.4 is 10.9 Å². The van der Waals surface area contributed by atoms with E-state index in [-0.39, 0.29) is 12.5 Å². The Morgan fingerprint density at radius 3 is 2.48 bits per heavy atom. The molecule has 1 amide bonds. The second kappa shape index (κ2) is 8.61. The van der Waals surface area contributed by atoms with Gasteiger partial charge in [0.25, 0.3) is 5.56 Å². The monoisotopic (exact) mass is 375 g/mol. The first-order valence-electron chi connectivity index (χ1n) is 8.70. The average molecular weight is 375 g/mol. The molecular formula is C18H25N5O4. The number of amides is 1. The van der Waals surface area contributed by atoms with E-state index in [4.69, 9.17) is 4.74 Å². The summed E-state index contributed by atoms with van der Waals surface area (Å²) in [5.41, 5.74) is 1.26. The van der Waals surface area contributed by atoms with Gasteiger partial charge in [0.2, 0.25) is 5.91 Å². The summed E-state index contributed by atoms with van der Waals surface area (Å²) in [6.07, 6.45) is 0.437. The summed E-state index contributed by atoms with van der Waals surface area (Å²) < 4.78 is 7.37. The minimum absolute atomic E-state index is 0.185. The fraction of sp³-hybridized carbons (Fsp3) is 0.500. The van der Waals surface area contributed by atoms with Crippen LogP contribution in [0.25, 0.3) is 5.82 Å². The molecular weight excluding hydrogens is 350 g/mol. The largest absolute Gasteiger partial charge is 0.467 e. The molecule has 9 heteroatoms. The molecule has 9 nitrogen and oxygen atoms in total. The zero-order valence-corrected chi connectivity index (χ0v) is 16.2. The first kappa shape index (κ1) is 20.3. The SMILES string of the molecule is COC(=O)[C@H](CC(C)C)NC(=O)Cn1nc(-n2nc(C)cc2C)ccc1=O. The van der Waals surface area contributed by atoms with Crippen LogP contribution in [0.15, 0.2) is 23.0 Å². The van der Waals surface area contributed by atoms with Crippen LogP contribution in [0.1, 0.15) is 31.7 Å². The molecule has 2 rings (SSSR count). The van der Waals surface area contributed by atoms with Crippen molar-refractivity contribution < 1.29 is 14.3 Å². The van der Waals surface area contributed by atoms with E-state index in [2.05, 4.69) is 15.5 Å². The Hall–Kier alpha value is -2.97. The molecule has 0 aliphatic heterocycles. The highest BCUT2D eigenvalue weighted by Gasteiger charge is 2.23. The van der Waals surface area contributed by atoms with Crippen LogP contribution in [0.3, 0.4) is 0 Å². The molecule has 1 atom stereocenters. The second-order valence-electron chi connectivity index (χ2n) is 6.80. The van der Waals surface area contributed by atoms with E-state index in [0.29, 0.717) is 12.2 Å². The molecule has 2 heterocycles. The number of aromatic nitrogens is 4. The third-order valence-electron chi connectivity index (χ3n) is 3.90. The summed E-state index contributed by atoms with van der Waals surface area (Å²) in [4.78, 5) is 36.3. The number of hydrogen-bond acceptors (Lipinski definition) is 6. The van der Waals surface area contributed by atoms with Gasteiger partial charge in [0.1, 0.15) is 12.6 Å². The predicted octanol–water partition coefficient (Wildman–Crippen LogP) is 0.750. The highest BCUT2D eigenvalue weighted by atomic mass is 16.5. The van der Waals surface area contributed by atoms with E-state index in [0.717, 1.165) is 16.1 Å². The Bertz CT molecular complexity index is 884. The van der Waals surface area contributed by atoms with Gasteiger partial charge in [-0.05, 0) is 38.3 Å². The van der Waals surface area contributed by atoms with Crippen molar-refractivity contribution in [2.75, 3.05) is 7.11 Å². The Morgan fingerprint density at radius 2 is 1.93 bits per heavy atom. The molecule has 0 aliphatic rings. The average Bonchev–Trinajstić information content (AvgIpc) is 2.93. The van der Waals surface area contributed by atoms with Crippen LogP contribution in [0, 0.1) is 19.8 Å². The van der Waals surface area contributed by atoms with E-state index in [1.165, 1.54) is 13.2 Å². The maximum Gasteiger partial charge on any atom is 0.328 e. The molecule has 146 valence electrons. The van der Waals surface area contributed by atoms with Crippen molar-refractivity contribution in [2.45, 2.75) is 46.7 Å². The Kier molecular flexibility index (Phi) is 6.49. The number of nitrogens with one attached hydrogen (secondary N) is 1. The molecule has 0 radical (unpaired) electrons. The highest BCUT2D eigenvalue weighted by Crippen LogP contribution is 2.08. The molecule has 2 aromatic rings. The van der Waals surface area contributed by atoms with Gasteiger partial charge in [-0.15, -0.1) is 5.10 Å². The number of methoxy groups -OCH3 is 1. The van der Waals surface area contributed by atoms with Gasteiger partial charge in [-0.1, -0.05) is 13.8 Å². The van der Waals surface area contributed by atoms with Crippen molar-refractivity contribution in [3.05, 3.63) is 39.9 Å². The normalized spacial score (nSPS) is 12.1. The van der Waals surface area contributed by atoms with Crippen LogP contribution in [0.4, 0.5) is 0 Å². The zero-order valence-electron chi connectivity index (χ0n) is 16.2. The fourth-order valence-corrected chi connectivity index (χ4v) is 2.73. The lowest BCUT2D eigenvalue weighted by Gasteiger charge is -2.18. The fourth-order valence-electron chi connectivity index (χ4n) is 2.73. The number of aryl methyl sites for hydroxylation is 2. The second-order valence-corrected chi connectivity index (χ2v) is 6.80. The number of hydrogen-bond donors (Lipinski definition) is 1. The van der Waals surface area contributed by atoms with Crippen LogP contribution in [0.5, 0.6) is 0 Å². The van der Waals surface area contributed by atoms with Crippen molar-refractivity contribution in [3.63, 3.8) is 0 Å². The molecule has 0 unspecified atom stereocenters. The lowest BCUT2D eigenvalue weighted by molar-refractivity contribution is -0.145. The number of nitrogens with zero attached hydrogens (tertiary/aromatic N) is 4. The summed E-state index contributed by atoms with van der Waals surface area (Å²) >= 11 is 0. The van der Waals surface area contributed by atoms with Crippen LogP contribution in [-0.4, -0.2) is 44.6 Å². The molecule has 0 saturated carbocycles. The quantitative estimate of drug-likeness (QED) is 0.716. The minimum atomic E-state index is -0.766. The number of carbonyl (C=O) groups excluding carboxylic acids is 2. The number of ether oxygens (including phenoxy) is 1. The van der Waals surface area contributed by atoms with Gasteiger partial charge in [0, 0.05) is 11.8 Å². The van der Waals surface area contributed by atoms with Gasteiger partial charge in [-0.2, -0.15) is 5.10 Å². The van der Waals surface area contributed by atoms with Gasteiger partial charge in [-0.25, -0.2) is 14.2 Å². The molecule has 0 spiro atoms. The molecule has 0 fully saturated rings. The van der Waals surface area contributed by atoms with Crippen LogP contribution in [0.2, 0.25) is 0 Å². The topological polar surface area (TPSA) is 108 Å². The highest BCUT2D eigenvalue weighted by molar-refractivity contribution is 5.84. The van der Waals surface area contributed by atoms with Crippen molar-refractivity contribution in [1.82, 2.24) is 24.9 Å². The molecule has 27 heavy (non-hydrogen) atoms. The summed E-state index contributed by atoms with van der Waals surface area (Å²) in [6.45, 7) is 7.29. The van der Waals surface area contributed by atoms with E-state index >= 15 is 0 Å². The van der Waals surface area contributed by atoms with Crippen LogP contribution >= 0.6 is 0 Å².